The van der Waals surface area contributed by atoms with Gasteiger partial charge in [0.1, 0.15) is 0 Å². The minimum atomic E-state index is -0.471. The summed E-state index contributed by atoms with van der Waals surface area (Å²) in [6, 6.07) is 0. The summed E-state index contributed by atoms with van der Waals surface area (Å²) in [5.41, 5.74) is -0.471. The number of rotatable bonds is 6. The molecule has 0 saturated carbocycles. The first-order valence-corrected chi connectivity index (χ1v) is 7.17. The molecule has 106 valence electrons. The Morgan fingerprint density at radius 3 is 2.78 bits per heavy atom. The van der Waals surface area contributed by atoms with E-state index in [9.17, 15) is 4.79 Å². The Morgan fingerprint density at radius 1 is 1.44 bits per heavy atom. The Balaban J connectivity index is 2.52. The molecule has 1 atom stereocenters. The maximum Gasteiger partial charge on any atom is 0.242 e. The zero-order valence-corrected chi connectivity index (χ0v) is 12.3. The van der Waals surface area contributed by atoms with Crippen LogP contribution in [-0.4, -0.2) is 48.7 Å². The van der Waals surface area contributed by atoms with Crippen molar-refractivity contribution in [2.24, 2.45) is 0 Å². The third kappa shape index (κ3) is 4.25. The highest BCUT2D eigenvalue weighted by Gasteiger charge is 2.33. The Hall–Kier alpha value is -0.610. The molecule has 0 aliphatic carbocycles. The highest BCUT2D eigenvalue weighted by Crippen LogP contribution is 2.17. The summed E-state index contributed by atoms with van der Waals surface area (Å²) in [7, 11) is 0. The summed E-state index contributed by atoms with van der Waals surface area (Å²) in [6.45, 7) is 11.3. The van der Waals surface area contributed by atoms with Gasteiger partial charge < -0.3 is 15.0 Å². The van der Waals surface area contributed by atoms with Crippen molar-refractivity contribution in [2.45, 2.75) is 58.6 Å². The van der Waals surface area contributed by atoms with Gasteiger partial charge in [0.15, 0.2) is 0 Å². The topological polar surface area (TPSA) is 41.6 Å². The van der Waals surface area contributed by atoms with Gasteiger partial charge in [0.25, 0.3) is 0 Å². The molecule has 1 N–H and O–H groups in total. The molecular formula is C14H28N2O2. The zero-order valence-electron chi connectivity index (χ0n) is 12.3. The van der Waals surface area contributed by atoms with Crippen molar-refractivity contribution < 1.29 is 9.53 Å². The fourth-order valence-electron chi connectivity index (χ4n) is 2.46. The number of likely N-dealkylation sites (N-methyl/N-ethyl adjacent to an activating group) is 1. The van der Waals surface area contributed by atoms with Crippen LogP contribution in [-0.2, 0) is 9.53 Å². The van der Waals surface area contributed by atoms with Gasteiger partial charge in [0.2, 0.25) is 5.91 Å². The van der Waals surface area contributed by atoms with Gasteiger partial charge in [-0.15, -0.1) is 0 Å². The Kier molecular flexibility index (Phi) is 6.09. The number of piperidine rings is 1. The molecule has 4 nitrogen and oxygen atoms in total. The van der Waals surface area contributed by atoms with Crippen molar-refractivity contribution in [1.29, 1.82) is 0 Å². The van der Waals surface area contributed by atoms with Gasteiger partial charge in [0.05, 0.1) is 11.6 Å². The second-order valence-corrected chi connectivity index (χ2v) is 5.54. The minimum Gasteiger partial charge on any atom is -0.376 e. The highest BCUT2D eigenvalue weighted by molar-refractivity contribution is 5.85. The number of carbonyl (C=O) groups excluding carboxylic acids is 1. The highest BCUT2D eigenvalue weighted by atomic mass is 16.5. The smallest absolute Gasteiger partial charge is 0.242 e. The molecule has 18 heavy (non-hydrogen) atoms. The van der Waals surface area contributed by atoms with E-state index in [-0.39, 0.29) is 12.0 Å². The van der Waals surface area contributed by atoms with Crippen LogP contribution in [0, 0.1) is 0 Å². The van der Waals surface area contributed by atoms with Gasteiger partial charge in [-0.3, -0.25) is 4.79 Å². The largest absolute Gasteiger partial charge is 0.376 e. The first-order valence-electron chi connectivity index (χ1n) is 7.17. The molecule has 0 bridgehead atoms. The first-order chi connectivity index (χ1) is 8.51. The monoisotopic (exact) mass is 256 g/mol. The van der Waals surface area contributed by atoms with Crippen LogP contribution >= 0.6 is 0 Å². The summed E-state index contributed by atoms with van der Waals surface area (Å²) < 4.78 is 5.77. The van der Waals surface area contributed by atoms with Crippen LogP contribution in [0.15, 0.2) is 0 Å². The van der Waals surface area contributed by atoms with Crippen molar-refractivity contribution in [3.05, 3.63) is 0 Å². The van der Waals surface area contributed by atoms with Crippen molar-refractivity contribution >= 4 is 5.91 Å². The second-order valence-electron chi connectivity index (χ2n) is 5.54. The Labute approximate surface area is 111 Å². The molecule has 1 rings (SSSR count). The molecular weight excluding hydrogens is 228 g/mol. The van der Waals surface area contributed by atoms with E-state index in [0.29, 0.717) is 0 Å². The van der Waals surface area contributed by atoms with Crippen molar-refractivity contribution in [3.8, 4) is 0 Å². The molecule has 0 aromatic carbocycles. The van der Waals surface area contributed by atoms with E-state index in [1.807, 2.05) is 25.7 Å². The predicted octanol–water partition coefficient (Wildman–Crippen LogP) is 1.79. The number of nitrogens with zero attached hydrogens (tertiary/aromatic N) is 1. The molecule has 1 heterocycles. The average molecular weight is 256 g/mol. The molecule has 1 fully saturated rings. The lowest BCUT2D eigenvalue weighted by Gasteiger charge is -2.37. The molecule has 1 unspecified atom stereocenters. The standard InChI is InChI=1S/C14H28N2O2/c1-5-10-18-12-8-7-9-16(11-12)13(17)14(3,4)15-6-2/h12,15H,5-11H2,1-4H3. The van der Waals surface area contributed by atoms with Gasteiger partial charge in [-0.2, -0.15) is 0 Å². The average Bonchev–Trinajstić information content (AvgIpc) is 2.35. The van der Waals surface area contributed by atoms with Gasteiger partial charge in [-0.05, 0) is 39.7 Å². The van der Waals surface area contributed by atoms with Crippen LogP contribution in [0.4, 0.5) is 0 Å². The predicted molar refractivity (Wildman–Crippen MR) is 73.6 cm³/mol. The fourth-order valence-corrected chi connectivity index (χ4v) is 2.46. The van der Waals surface area contributed by atoms with Crippen LogP contribution in [0.2, 0.25) is 0 Å². The molecule has 4 heteroatoms. The molecule has 1 aliphatic heterocycles. The summed E-state index contributed by atoms with van der Waals surface area (Å²) >= 11 is 0. The summed E-state index contributed by atoms with van der Waals surface area (Å²) in [5.74, 6) is 0.189. The number of hydrogen-bond acceptors (Lipinski definition) is 3. The normalized spacial score (nSPS) is 21.1. The third-order valence-corrected chi connectivity index (χ3v) is 3.38. The number of nitrogens with one attached hydrogen (secondary N) is 1. The van der Waals surface area contributed by atoms with Gasteiger partial charge in [-0.25, -0.2) is 0 Å². The quantitative estimate of drug-likeness (QED) is 0.788. The molecule has 0 radical (unpaired) electrons. The first kappa shape index (κ1) is 15.4. The lowest BCUT2D eigenvalue weighted by Crippen LogP contribution is -2.56. The van der Waals surface area contributed by atoms with Crippen LogP contribution in [0.5, 0.6) is 0 Å². The van der Waals surface area contributed by atoms with E-state index in [0.717, 1.165) is 45.5 Å². The third-order valence-electron chi connectivity index (χ3n) is 3.38. The van der Waals surface area contributed by atoms with Crippen LogP contribution in [0.25, 0.3) is 0 Å². The lowest BCUT2D eigenvalue weighted by molar-refractivity contribution is -0.141. The van der Waals surface area contributed by atoms with E-state index >= 15 is 0 Å². The van der Waals surface area contributed by atoms with Gasteiger partial charge in [-0.1, -0.05) is 13.8 Å². The number of amides is 1. The van der Waals surface area contributed by atoms with E-state index in [1.165, 1.54) is 0 Å². The van der Waals surface area contributed by atoms with Crippen LogP contribution < -0.4 is 5.32 Å². The Bertz CT molecular complexity index is 267. The summed E-state index contributed by atoms with van der Waals surface area (Å²) in [6.07, 6.45) is 3.38. The lowest BCUT2D eigenvalue weighted by atomic mass is 10.00. The molecule has 0 aromatic heterocycles. The second kappa shape index (κ2) is 7.10. The van der Waals surface area contributed by atoms with Crippen molar-refractivity contribution in [2.75, 3.05) is 26.2 Å². The number of carbonyl (C=O) groups is 1. The van der Waals surface area contributed by atoms with Gasteiger partial charge >= 0.3 is 0 Å². The molecule has 0 aromatic rings. The molecule has 1 aliphatic rings. The van der Waals surface area contributed by atoms with E-state index < -0.39 is 5.54 Å². The summed E-state index contributed by atoms with van der Waals surface area (Å²) in [5, 5.41) is 3.24. The fraction of sp³-hybridized carbons (Fsp3) is 0.929. The van der Waals surface area contributed by atoms with Crippen LogP contribution in [0.3, 0.4) is 0 Å². The molecule has 1 amide bonds. The van der Waals surface area contributed by atoms with E-state index in [4.69, 9.17) is 4.74 Å². The van der Waals surface area contributed by atoms with E-state index in [1.54, 1.807) is 0 Å². The van der Waals surface area contributed by atoms with E-state index in [2.05, 4.69) is 12.2 Å². The Morgan fingerprint density at radius 2 is 2.17 bits per heavy atom. The number of ether oxygens (including phenoxy) is 1. The number of hydrogen-bond donors (Lipinski definition) is 1. The zero-order chi connectivity index (χ0) is 13.6. The molecule has 0 spiro atoms. The van der Waals surface area contributed by atoms with Crippen molar-refractivity contribution in [1.82, 2.24) is 10.2 Å². The minimum absolute atomic E-state index is 0.189. The number of likely N-dealkylation sites (tertiary alicyclic amines) is 1. The van der Waals surface area contributed by atoms with Gasteiger partial charge in [0, 0.05) is 19.7 Å². The molecule has 1 saturated heterocycles. The van der Waals surface area contributed by atoms with Crippen LogP contribution in [0.1, 0.15) is 47.0 Å². The maximum atomic E-state index is 12.4. The van der Waals surface area contributed by atoms with Crippen molar-refractivity contribution in [3.63, 3.8) is 0 Å². The summed E-state index contributed by atoms with van der Waals surface area (Å²) in [4.78, 5) is 14.4. The SMILES string of the molecule is CCCOC1CCCN(C(=O)C(C)(C)NCC)C1. The maximum absolute atomic E-state index is 12.4.